The molecular formula is C36H37IrN2O-. The first-order chi connectivity index (χ1) is 19.2. The van der Waals surface area contributed by atoms with Crippen LogP contribution in [0.5, 0.6) is 5.75 Å². The second-order valence-electron chi connectivity index (χ2n) is 10.7. The van der Waals surface area contributed by atoms with E-state index in [1.165, 1.54) is 41.3 Å². The normalized spacial score (nSPS) is 14.4. The zero-order valence-electron chi connectivity index (χ0n) is 24.7. The Morgan fingerprint density at radius 1 is 0.825 bits per heavy atom. The van der Waals surface area contributed by atoms with Gasteiger partial charge in [-0.3, -0.25) is 4.98 Å². The first-order valence-electron chi connectivity index (χ1n) is 14.4. The largest absolute Gasteiger partial charge is 0.507 e. The summed E-state index contributed by atoms with van der Waals surface area (Å²) in [6.07, 6.45) is 9.19. The summed E-state index contributed by atoms with van der Waals surface area (Å²) in [5.41, 5.74) is 9.55. The number of benzene rings is 3. The number of nitrogens with zero attached hydrogens (tertiary/aromatic N) is 2. The van der Waals surface area contributed by atoms with Crippen molar-refractivity contribution in [2.24, 2.45) is 0 Å². The first-order valence-corrected chi connectivity index (χ1v) is 13.9. The molecule has 0 amide bonds. The van der Waals surface area contributed by atoms with Gasteiger partial charge in [0, 0.05) is 39.4 Å². The Kier molecular flexibility index (Phi) is 9.41. The van der Waals surface area contributed by atoms with Crippen molar-refractivity contribution in [1.82, 2.24) is 9.97 Å². The molecule has 1 saturated carbocycles. The van der Waals surface area contributed by atoms with Crippen LogP contribution in [0.1, 0.15) is 67.2 Å². The van der Waals surface area contributed by atoms with Gasteiger partial charge in [0.25, 0.3) is 0 Å². The van der Waals surface area contributed by atoms with Crippen LogP contribution < -0.4 is 0 Å². The fourth-order valence-electron chi connectivity index (χ4n) is 5.57. The summed E-state index contributed by atoms with van der Waals surface area (Å²) in [5.74, 6) is -0.156. The molecule has 1 radical (unpaired) electrons. The standard InChI is InChI=1S/C24H26N.C12H11NO.Ir/c1-16-11-17(2)13-21(12-16)24-23-14-18(3)22(15-20(23)9-10-25-24)19-7-5-4-6-8-19;1-9-6-7-13-11(8-9)10-4-2-3-5-12(10)14;/h9-12,14-15,19H,4-8H2,1-3H3;2-8,14H,1H3;/q-1;;/i19D;;. The molecule has 207 valence electrons. The molecule has 1 fully saturated rings. The van der Waals surface area contributed by atoms with E-state index < -0.39 is 5.89 Å². The van der Waals surface area contributed by atoms with Crippen LogP contribution in [0.15, 0.2) is 79.1 Å². The molecule has 0 spiro atoms. The predicted octanol–water partition coefficient (Wildman–Crippen LogP) is 9.44. The molecule has 1 N–H and O–H groups in total. The van der Waals surface area contributed by atoms with Crippen molar-refractivity contribution in [1.29, 1.82) is 0 Å². The minimum Gasteiger partial charge on any atom is -0.507 e. The van der Waals surface area contributed by atoms with Crippen LogP contribution in [0.2, 0.25) is 0 Å². The van der Waals surface area contributed by atoms with Crippen LogP contribution >= 0.6 is 0 Å². The molecule has 3 aromatic carbocycles. The second kappa shape index (κ2) is 13.4. The molecule has 5 aromatic rings. The molecule has 40 heavy (non-hydrogen) atoms. The average Bonchev–Trinajstić information content (AvgIpc) is 2.93. The molecule has 4 heteroatoms. The number of hydrogen-bond donors (Lipinski definition) is 1. The van der Waals surface area contributed by atoms with Crippen molar-refractivity contribution in [3.8, 4) is 28.3 Å². The molecule has 2 heterocycles. The van der Waals surface area contributed by atoms with Gasteiger partial charge < -0.3 is 10.1 Å². The number of rotatable bonds is 3. The quantitative estimate of drug-likeness (QED) is 0.190. The number of fused-ring (bicyclic) bond motifs is 1. The SMILES string of the molecule is Cc1ccnc(-c2ccccc2O)c1.[2H]C1(c2cc3ccnc(-c4[c-]c(C)cc(C)c4)c3cc2C)CCCCC1.[Ir]. The van der Waals surface area contributed by atoms with E-state index in [-0.39, 0.29) is 25.9 Å². The Balaban J connectivity index is 0.000000219. The number of aromatic hydroxyl groups is 1. The number of pyridine rings is 2. The molecule has 1 aliphatic carbocycles. The molecule has 2 aromatic heterocycles. The topological polar surface area (TPSA) is 46.0 Å². The van der Waals surface area contributed by atoms with Crippen molar-refractivity contribution < 1.29 is 26.6 Å². The summed E-state index contributed by atoms with van der Waals surface area (Å²) in [6.45, 7) is 8.36. The summed E-state index contributed by atoms with van der Waals surface area (Å²) in [5, 5.41) is 12.0. The van der Waals surface area contributed by atoms with Crippen LogP contribution in [0.3, 0.4) is 0 Å². The van der Waals surface area contributed by atoms with Crippen molar-refractivity contribution in [2.75, 3.05) is 0 Å². The van der Waals surface area contributed by atoms with E-state index in [1.54, 1.807) is 18.3 Å². The molecule has 6 rings (SSSR count). The third-order valence-electron chi connectivity index (χ3n) is 7.45. The Bertz CT molecular complexity index is 1640. The van der Waals surface area contributed by atoms with Gasteiger partial charge in [-0.25, -0.2) is 0 Å². The maximum Gasteiger partial charge on any atom is 0.124 e. The summed E-state index contributed by atoms with van der Waals surface area (Å²) in [4.78, 5) is 8.89. The monoisotopic (exact) mass is 707 g/mol. The van der Waals surface area contributed by atoms with Crippen molar-refractivity contribution >= 4 is 10.8 Å². The van der Waals surface area contributed by atoms with Gasteiger partial charge in [0.05, 0.1) is 5.69 Å². The van der Waals surface area contributed by atoms with Crippen molar-refractivity contribution in [3.05, 3.63) is 113 Å². The third kappa shape index (κ3) is 6.86. The van der Waals surface area contributed by atoms with Crippen molar-refractivity contribution in [3.63, 3.8) is 0 Å². The summed E-state index contributed by atoms with van der Waals surface area (Å²) in [7, 11) is 0. The van der Waals surface area contributed by atoms with E-state index >= 15 is 0 Å². The number of aryl methyl sites for hydroxylation is 4. The molecule has 1 aliphatic rings. The summed E-state index contributed by atoms with van der Waals surface area (Å²) < 4.78 is 9.03. The van der Waals surface area contributed by atoms with Gasteiger partial charge in [0.1, 0.15) is 5.75 Å². The smallest absolute Gasteiger partial charge is 0.124 e. The maximum atomic E-state index is 9.61. The van der Waals surface area contributed by atoms with Gasteiger partial charge in [-0.15, -0.1) is 34.9 Å². The minimum absolute atomic E-state index is 0. The Morgan fingerprint density at radius 2 is 1.57 bits per heavy atom. The number of phenolic OH excluding ortho intramolecular Hbond substituents is 1. The number of para-hydroxylation sites is 1. The van der Waals surface area contributed by atoms with E-state index in [0.29, 0.717) is 0 Å². The van der Waals surface area contributed by atoms with Gasteiger partial charge in [0.2, 0.25) is 0 Å². The van der Waals surface area contributed by atoms with E-state index in [4.69, 9.17) is 1.37 Å². The fraction of sp³-hybridized carbons (Fsp3) is 0.278. The molecule has 0 atom stereocenters. The minimum atomic E-state index is -0.425. The first kappa shape index (κ1) is 28.2. The molecule has 3 nitrogen and oxygen atoms in total. The van der Waals surface area contributed by atoms with Crippen LogP contribution in [0.4, 0.5) is 0 Å². The van der Waals surface area contributed by atoms with Crippen LogP contribution in [0.25, 0.3) is 33.3 Å². The Labute approximate surface area is 253 Å². The van der Waals surface area contributed by atoms with Gasteiger partial charge in [0.15, 0.2) is 0 Å². The van der Waals surface area contributed by atoms with Gasteiger partial charge in [-0.2, -0.15) is 0 Å². The van der Waals surface area contributed by atoms with Crippen molar-refractivity contribution in [2.45, 2.75) is 65.7 Å². The van der Waals surface area contributed by atoms with Gasteiger partial charge in [-0.1, -0.05) is 57.4 Å². The van der Waals surface area contributed by atoms with Gasteiger partial charge >= 0.3 is 0 Å². The molecule has 0 unspecified atom stereocenters. The van der Waals surface area contributed by atoms with E-state index in [1.807, 2.05) is 37.4 Å². The second-order valence-corrected chi connectivity index (χ2v) is 10.7. The molecule has 0 aliphatic heterocycles. The van der Waals surface area contributed by atoms with Crippen LogP contribution in [0, 0.1) is 33.8 Å². The van der Waals surface area contributed by atoms with E-state index in [0.717, 1.165) is 51.9 Å². The fourth-order valence-corrected chi connectivity index (χ4v) is 5.57. The predicted molar refractivity (Wildman–Crippen MR) is 162 cm³/mol. The van der Waals surface area contributed by atoms with Crippen LogP contribution in [-0.4, -0.2) is 15.1 Å². The molecule has 0 bridgehead atoms. The van der Waals surface area contributed by atoms with Gasteiger partial charge in [-0.05, 0) is 96.1 Å². The number of phenols is 1. The zero-order chi connectivity index (χ0) is 28.3. The average molecular weight is 707 g/mol. The number of aromatic nitrogens is 2. The van der Waals surface area contributed by atoms with E-state index in [2.05, 4.69) is 67.1 Å². The summed E-state index contributed by atoms with van der Waals surface area (Å²) >= 11 is 0. The molecular weight excluding hydrogens is 669 g/mol. The zero-order valence-corrected chi connectivity index (χ0v) is 26.1. The van der Waals surface area contributed by atoms with Crippen LogP contribution in [-0.2, 0) is 20.1 Å². The Hall–Kier alpha value is -3.33. The molecule has 0 saturated heterocycles. The van der Waals surface area contributed by atoms with E-state index in [9.17, 15) is 5.11 Å². The Morgan fingerprint density at radius 3 is 2.30 bits per heavy atom. The summed E-state index contributed by atoms with van der Waals surface area (Å²) in [6, 6.07) is 25.4. The maximum absolute atomic E-state index is 9.61. The third-order valence-corrected chi connectivity index (χ3v) is 7.45. The number of hydrogen-bond acceptors (Lipinski definition) is 3.